The number of nitrogens with zero attached hydrogens (tertiary/aromatic N) is 2. The van der Waals surface area contributed by atoms with Crippen molar-refractivity contribution >= 4 is 5.69 Å². The molecular weight excluding hydrogens is 274 g/mol. The molecule has 2 aromatic carbocycles. The molecule has 110 valence electrons. The number of anilines is 1. The molecule has 4 heteroatoms. The van der Waals surface area contributed by atoms with Crippen molar-refractivity contribution in [1.82, 2.24) is 0 Å². The summed E-state index contributed by atoms with van der Waals surface area (Å²) in [7, 11) is 1.61. The van der Waals surface area contributed by atoms with Crippen LogP contribution in [0.5, 0.6) is 5.75 Å². The van der Waals surface area contributed by atoms with E-state index in [9.17, 15) is 10.5 Å². The van der Waals surface area contributed by atoms with Gasteiger partial charge in [-0.1, -0.05) is 25.5 Å². The lowest BCUT2D eigenvalue weighted by Crippen LogP contribution is -2.02. The highest BCUT2D eigenvalue weighted by Crippen LogP contribution is 2.33. The predicted molar refractivity (Wildman–Crippen MR) is 86.3 cm³/mol. The summed E-state index contributed by atoms with van der Waals surface area (Å²) in [4.78, 5) is 0. The van der Waals surface area contributed by atoms with Crippen LogP contribution in [0, 0.1) is 22.7 Å². The highest BCUT2D eigenvalue weighted by molar-refractivity contribution is 5.82. The standard InChI is InChI=1S/C18H17N3O/c1-3-4-13-9-15(12-5-7-14(22-2)8-6-12)17(11-20)18(21)16(13)10-19/h5-9H,3-4,21H2,1-2H3. The summed E-state index contributed by atoms with van der Waals surface area (Å²) < 4.78 is 5.15. The van der Waals surface area contributed by atoms with Crippen molar-refractivity contribution in [3.63, 3.8) is 0 Å². The maximum absolute atomic E-state index is 9.44. The highest BCUT2D eigenvalue weighted by atomic mass is 16.5. The lowest BCUT2D eigenvalue weighted by atomic mass is 9.91. The number of aryl methyl sites for hydroxylation is 1. The summed E-state index contributed by atoms with van der Waals surface area (Å²) in [6, 6.07) is 13.6. The molecule has 2 rings (SSSR count). The van der Waals surface area contributed by atoms with Gasteiger partial charge in [0.05, 0.1) is 23.9 Å². The van der Waals surface area contributed by atoms with Crippen molar-refractivity contribution in [2.75, 3.05) is 12.8 Å². The zero-order chi connectivity index (χ0) is 16.1. The molecule has 0 aliphatic rings. The quantitative estimate of drug-likeness (QED) is 0.872. The molecule has 2 N–H and O–H groups in total. The van der Waals surface area contributed by atoms with Crippen LogP contribution in [-0.2, 0) is 6.42 Å². The second kappa shape index (κ2) is 6.65. The van der Waals surface area contributed by atoms with Gasteiger partial charge in [0.2, 0.25) is 0 Å². The lowest BCUT2D eigenvalue weighted by molar-refractivity contribution is 0.415. The minimum absolute atomic E-state index is 0.266. The third kappa shape index (κ3) is 2.73. The van der Waals surface area contributed by atoms with E-state index in [-0.39, 0.29) is 5.69 Å². The summed E-state index contributed by atoms with van der Waals surface area (Å²) in [6.07, 6.45) is 1.66. The first-order chi connectivity index (χ1) is 10.7. The van der Waals surface area contributed by atoms with Crippen LogP contribution in [0.2, 0.25) is 0 Å². The van der Waals surface area contributed by atoms with Crippen molar-refractivity contribution in [3.05, 3.63) is 47.0 Å². The lowest BCUT2D eigenvalue weighted by Gasteiger charge is -2.13. The Kier molecular flexibility index (Phi) is 4.66. The van der Waals surface area contributed by atoms with E-state index in [0.717, 1.165) is 35.3 Å². The number of benzene rings is 2. The van der Waals surface area contributed by atoms with Gasteiger partial charge >= 0.3 is 0 Å². The van der Waals surface area contributed by atoms with Gasteiger partial charge in [-0.25, -0.2) is 0 Å². The fourth-order valence-corrected chi connectivity index (χ4v) is 2.48. The molecule has 0 saturated carbocycles. The van der Waals surface area contributed by atoms with Crippen LogP contribution in [-0.4, -0.2) is 7.11 Å². The summed E-state index contributed by atoms with van der Waals surface area (Å²) in [5.41, 5.74) is 9.60. The van der Waals surface area contributed by atoms with Gasteiger partial charge in [-0.15, -0.1) is 0 Å². The number of nitrogen functional groups attached to an aromatic ring is 1. The third-order valence-electron chi connectivity index (χ3n) is 3.59. The van der Waals surface area contributed by atoms with Crippen LogP contribution in [0.3, 0.4) is 0 Å². The second-order valence-corrected chi connectivity index (χ2v) is 4.95. The first kappa shape index (κ1) is 15.4. The molecule has 0 saturated heterocycles. The van der Waals surface area contributed by atoms with Crippen LogP contribution >= 0.6 is 0 Å². The number of nitrogens with two attached hydrogens (primary N) is 1. The molecular formula is C18H17N3O. The van der Waals surface area contributed by atoms with Crippen LogP contribution in [0.1, 0.15) is 30.0 Å². The van der Waals surface area contributed by atoms with Crippen molar-refractivity contribution in [3.8, 4) is 29.0 Å². The molecule has 0 aliphatic carbocycles. The number of ether oxygens (including phenoxy) is 1. The fraction of sp³-hybridized carbons (Fsp3) is 0.222. The number of rotatable bonds is 4. The minimum Gasteiger partial charge on any atom is -0.497 e. The SMILES string of the molecule is CCCc1cc(-c2ccc(OC)cc2)c(C#N)c(N)c1C#N. The van der Waals surface area contributed by atoms with Crippen molar-refractivity contribution in [2.45, 2.75) is 19.8 Å². The third-order valence-corrected chi connectivity index (χ3v) is 3.59. The van der Waals surface area contributed by atoms with E-state index in [1.54, 1.807) is 7.11 Å². The zero-order valence-corrected chi connectivity index (χ0v) is 12.7. The van der Waals surface area contributed by atoms with E-state index < -0.39 is 0 Å². The maximum atomic E-state index is 9.44. The Morgan fingerprint density at radius 3 is 2.23 bits per heavy atom. The van der Waals surface area contributed by atoms with Crippen LogP contribution < -0.4 is 10.5 Å². The number of hydrogen-bond acceptors (Lipinski definition) is 4. The average Bonchev–Trinajstić information content (AvgIpc) is 2.55. The molecule has 0 aliphatic heterocycles. The first-order valence-electron chi connectivity index (χ1n) is 7.06. The Labute approximate surface area is 130 Å². The van der Waals surface area contributed by atoms with E-state index in [1.165, 1.54) is 0 Å². The number of nitriles is 2. The normalized spacial score (nSPS) is 9.82. The molecule has 22 heavy (non-hydrogen) atoms. The fourth-order valence-electron chi connectivity index (χ4n) is 2.48. The molecule has 0 radical (unpaired) electrons. The Balaban J connectivity index is 2.68. The molecule has 0 amide bonds. The molecule has 0 fully saturated rings. The Bertz CT molecular complexity index is 765. The van der Waals surface area contributed by atoms with Crippen molar-refractivity contribution in [2.24, 2.45) is 0 Å². The molecule has 0 bridgehead atoms. The maximum Gasteiger partial charge on any atom is 0.118 e. The van der Waals surface area contributed by atoms with Gasteiger partial charge in [-0.05, 0) is 35.7 Å². The van der Waals surface area contributed by atoms with Gasteiger partial charge in [0.15, 0.2) is 0 Å². The van der Waals surface area contributed by atoms with Crippen molar-refractivity contribution < 1.29 is 4.74 Å². The largest absolute Gasteiger partial charge is 0.497 e. The number of methoxy groups -OCH3 is 1. The van der Waals surface area contributed by atoms with Gasteiger partial charge in [0, 0.05) is 5.56 Å². The Morgan fingerprint density at radius 2 is 1.73 bits per heavy atom. The summed E-state index contributed by atoms with van der Waals surface area (Å²) in [5.74, 6) is 0.748. The van der Waals surface area contributed by atoms with E-state index in [0.29, 0.717) is 11.1 Å². The van der Waals surface area contributed by atoms with E-state index in [2.05, 4.69) is 12.1 Å². The number of hydrogen-bond donors (Lipinski definition) is 1. The Morgan fingerprint density at radius 1 is 1.09 bits per heavy atom. The molecule has 0 atom stereocenters. The average molecular weight is 291 g/mol. The topological polar surface area (TPSA) is 82.8 Å². The summed E-state index contributed by atoms with van der Waals surface area (Å²) in [5, 5.41) is 18.8. The van der Waals surface area contributed by atoms with Gasteiger partial charge in [-0.3, -0.25) is 0 Å². The smallest absolute Gasteiger partial charge is 0.118 e. The molecule has 2 aromatic rings. The zero-order valence-electron chi connectivity index (χ0n) is 12.7. The Hall–Kier alpha value is -2.98. The van der Waals surface area contributed by atoms with E-state index in [1.807, 2.05) is 37.3 Å². The molecule has 0 aromatic heterocycles. The molecule has 0 spiro atoms. The van der Waals surface area contributed by atoms with E-state index >= 15 is 0 Å². The first-order valence-corrected chi connectivity index (χ1v) is 7.06. The van der Waals surface area contributed by atoms with Crippen LogP contribution in [0.25, 0.3) is 11.1 Å². The monoisotopic (exact) mass is 291 g/mol. The predicted octanol–water partition coefficient (Wildman–Crippen LogP) is 3.64. The van der Waals surface area contributed by atoms with Gasteiger partial charge in [-0.2, -0.15) is 10.5 Å². The summed E-state index contributed by atoms with van der Waals surface area (Å²) in [6.45, 7) is 2.04. The molecule has 0 unspecified atom stereocenters. The minimum atomic E-state index is 0.266. The second-order valence-electron chi connectivity index (χ2n) is 4.95. The van der Waals surface area contributed by atoms with Gasteiger partial charge < -0.3 is 10.5 Å². The van der Waals surface area contributed by atoms with Crippen LogP contribution in [0.4, 0.5) is 5.69 Å². The molecule has 0 heterocycles. The van der Waals surface area contributed by atoms with Crippen molar-refractivity contribution in [1.29, 1.82) is 10.5 Å². The highest BCUT2D eigenvalue weighted by Gasteiger charge is 2.16. The van der Waals surface area contributed by atoms with Gasteiger partial charge in [0.1, 0.15) is 17.9 Å². The summed E-state index contributed by atoms with van der Waals surface area (Å²) >= 11 is 0. The van der Waals surface area contributed by atoms with E-state index in [4.69, 9.17) is 10.5 Å². The molecule has 4 nitrogen and oxygen atoms in total. The van der Waals surface area contributed by atoms with Gasteiger partial charge in [0.25, 0.3) is 0 Å². The van der Waals surface area contributed by atoms with Crippen LogP contribution in [0.15, 0.2) is 30.3 Å².